The summed E-state index contributed by atoms with van der Waals surface area (Å²) in [5.74, 6) is 1.34. The van der Waals surface area contributed by atoms with Gasteiger partial charge in [-0.25, -0.2) is 0 Å². The summed E-state index contributed by atoms with van der Waals surface area (Å²) in [7, 11) is 1.63. The highest BCUT2D eigenvalue weighted by molar-refractivity contribution is 5.96. The van der Waals surface area contributed by atoms with Crippen molar-refractivity contribution in [2.24, 2.45) is 5.92 Å². The standard InChI is InChI=1S/C23H24N2O4/c1-15-10-19(29-24-15)12-18-13-25(14-21(18)26)23(27)17-7-5-6-16(11-17)20-8-3-4-9-22(20)28-2/h3-11,18,21,26H,12-14H2,1-2H3/t18-,21+/m1/s1. The quantitative estimate of drug-likeness (QED) is 0.721. The van der Waals surface area contributed by atoms with Crippen molar-refractivity contribution in [3.05, 3.63) is 71.6 Å². The first-order chi connectivity index (χ1) is 14.0. The zero-order valence-corrected chi connectivity index (χ0v) is 16.5. The number of aromatic nitrogens is 1. The fraction of sp³-hybridized carbons (Fsp3) is 0.304. The number of benzene rings is 2. The largest absolute Gasteiger partial charge is 0.496 e. The molecule has 1 fully saturated rings. The van der Waals surface area contributed by atoms with Crippen LogP contribution < -0.4 is 4.74 Å². The molecule has 29 heavy (non-hydrogen) atoms. The van der Waals surface area contributed by atoms with Gasteiger partial charge in [-0.3, -0.25) is 4.79 Å². The Bertz CT molecular complexity index is 1010. The minimum Gasteiger partial charge on any atom is -0.496 e. The third kappa shape index (κ3) is 4.03. The minimum absolute atomic E-state index is 0.0660. The smallest absolute Gasteiger partial charge is 0.253 e. The number of ether oxygens (including phenoxy) is 1. The molecule has 0 spiro atoms. The van der Waals surface area contributed by atoms with Crippen LogP contribution in [0.4, 0.5) is 0 Å². The monoisotopic (exact) mass is 392 g/mol. The highest BCUT2D eigenvalue weighted by atomic mass is 16.5. The number of aryl methyl sites for hydroxylation is 1. The second-order valence-corrected chi connectivity index (χ2v) is 7.46. The van der Waals surface area contributed by atoms with Crippen molar-refractivity contribution >= 4 is 5.91 Å². The highest BCUT2D eigenvalue weighted by Crippen LogP contribution is 2.31. The molecule has 0 aliphatic carbocycles. The van der Waals surface area contributed by atoms with Gasteiger partial charge in [0.25, 0.3) is 5.91 Å². The van der Waals surface area contributed by atoms with Crippen molar-refractivity contribution in [1.29, 1.82) is 0 Å². The van der Waals surface area contributed by atoms with Crippen LogP contribution in [-0.4, -0.2) is 47.4 Å². The number of aliphatic hydroxyl groups excluding tert-OH is 1. The SMILES string of the molecule is COc1ccccc1-c1cccc(C(=O)N2C[C@@H](Cc3cc(C)no3)[C@@H](O)C2)c1. The summed E-state index contributed by atoms with van der Waals surface area (Å²) in [4.78, 5) is 14.8. The maximum absolute atomic E-state index is 13.1. The van der Waals surface area contributed by atoms with Gasteiger partial charge in [-0.05, 0) is 30.7 Å². The van der Waals surface area contributed by atoms with Gasteiger partial charge in [-0.1, -0.05) is 35.5 Å². The Balaban J connectivity index is 1.51. The lowest BCUT2D eigenvalue weighted by molar-refractivity contribution is 0.0764. The summed E-state index contributed by atoms with van der Waals surface area (Å²) in [6.07, 6.45) is -0.0192. The van der Waals surface area contributed by atoms with Crippen molar-refractivity contribution < 1.29 is 19.2 Å². The molecule has 1 aromatic heterocycles. The summed E-state index contributed by atoms with van der Waals surface area (Å²) in [6.45, 7) is 2.66. The number of methoxy groups -OCH3 is 1. The van der Waals surface area contributed by atoms with Crippen LogP contribution in [0.15, 0.2) is 59.1 Å². The van der Waals surface area contributed by atoms with Gasteiger partial charge in [0.1, 0.15) is 11.5 Å². The molecule has 6 heteroatoms. The van der Waals surface area contributed by atoms with Crippen LogP contribution in [0, 0.1) is 12.8 Å². The summed E-state index contributed by atoms with van der Waals surface area (Å²) >= 11 is 0. The van der Waals surface area contributed by atoms with Crippen molar-refractivity contribution in [2.75, 3.05) is 20.2 Å². The molecule has 4 rings (SSSR count). The van der Waals surface area contributed by atoms with E-state index in [0.717, 1.165) is 28.3 Å². The number of amides is 1. The predicted octanol–water partition coefficient (Wildman–Crippen LogP) is 3.33. The number of carbonyl (C=O) groups is 1. The molecule has 2 atom stereocenters. The van der Waals surface area contributed by atoms with Crippen molar-refractivity contribution in [2.45, 2.75) is 19.4 Å². The molecular formula is C23H24N2O4. The first kappa shape index (κ1) is 19.2. The van der Waals surface area contributed by atoms with Gasteiger partial charge < -0.3 is 19.3 Å². The normalized spacial score (nSPS) is 18.8. The lowest BCUT2D eigenvalue weighted by Crippen LogP contribution is -2.29. The summed E-state index contributed by atoms with van der Waals surface area (Å²) in [6, 6.07) is 17.1. The van der Waals surface area contributed by atoms with Crippen molar-refractivity contribution in [1.82, 2.24) is 10.1 Å². The first-order valence-electron chi connectivity index (χ1n) is 9.68. The van der Waals surface area contributed by atoms with E-state index in [1.807, 2.05) is 55.5 Å². The first-order valence-corrected chi connectivity index (χ1v) is 9.68. The molecule has 3 aromatic rings. The minimum atomic E-state index is -0.582. The number of para-hydroxylation sites is 1. The Labute approximate surface area is 169 Å². The molecule has 1 aliphatic rings. The maximum Gasteiger partial charge on any atom is 0.253 e. The van der Waals surface area contributed by atoms with Crippen LogP contribution in [0.3, 0.4) is 0 Å². The van der Waals surface area contributed by atoms with Crippen LogP contribution in [0.25, 0.3) is 11.1 Å². The second-order valence-electron chi connectivity index (χ2n) is 7.46. The van der Waals surface area contributed by atoms with E-state index in [0.29, 0.717) is 25.1 Å². The van der Waals surface area contributed by atoms with Gasteiger partial charge in [-0.2, -0.15) is 0 Å². The van der Waals surface area contributed by atoms with Gasteiger partial charge >= 0.3 is 0 Å². The molecule has 1 saturated heterocycles. The Kier molecular flexibility index (Phi) is 5.36. The van der Waals surface area contributed by atoms with Crippen LogP contribution in [0.5, 0.6) is 5.75 Å². The van der Waals surface area contributed by atoms with Crippen LogP contribution >= 0.6 is 0 Å². The fourth-order valence-electron chi connectivity index (χ4n) is 3.88. The van der Waals surface area contributed by atoms with E-state index in [-0.39, 0.29) is 11.8 Å². The van der Waals surface area contributed by atoms with E-state index in [1.54, 1.807) is 18.1 Å². The molecule has 1 N–H and O–H groups in total. The van der Waals surface area contributed by atoms with Gasteiger partial charge in [0, 0.05) is 42.6 Å². The van der Waals surface area contributed by atoms with E-state index in [2.05, 4.69) is 5.16 Å². The van der Waals surface area contributed by atoms with Crippen LogP contribution in [-0.2, 0) is 6.42 Å². The van der Waals surface area contributed by atoms with E-state index in [1.165, 1.54) is 0 Å². The Morgan fingerprint density at radius 3 is 2.79 bits per heavy atom. The van der Waals surface area contributed by atoms with Crippen molar-refractivity contribution in [3.63, 3.8) is 0 Å². The lowest BCUT2D eigenvalue weighted by Gasteiger charge is -2.17. The Morgan fingerprint density at radius 1 is 1.21 bits per heavy atom. The Hall–Kier alpha value is -3.12. The number of nitrogens with zero attached hydrogens (tertiary/aromatic N) is 2. The molecule has 1 aliphatic heterocycles. The molecule has 0 radical (unpaired) electrons. The topological polar surface area (TPSA) is 75.8 Å². The molecule has 2 aromatic carbocycles. The lowest BCUT2D eigenvalue weighted by atomic mass is 10.0. The van der Waals surface area contributed by atoms with E-state index in [9.17, 15) is 9.90 Å². The molecular weight excluding hydrogens is 368 g/mol. The molecule has 0 unspecified atom stereocenters. The summed E-state index contributed by atoms with van der Waals surface area (Å²) in [5.41, 5.74) is 3.26. The number of carbonyl (C=O) groups excluding carboxylic acids is 1. The number of hydrogen-bond acceptors (Lipinski definition) is 5. The van der Waals surface area contributed by atoms with E-state index < -0.39 is 6.10 Å². The van der Waals surface area contributed by atoms with E-state index in [4.69, 9.17) is 9.26 Å². The highest BCUT2D eigenvalue weighted by Gasteiger charge is 2.35. The fourth-order valence-corrected chi connectivity index (χ4v) is 3.88. The number of β-amino-alcohol motifs (C(OH)–C–C–N with tert-alkyl or cyclic N) is 1. The van der Waals surface area contributed by atoms with Crippen molar-refractivity contribution in [3.8, 4) is 16.9 Å². The van der Waals surface area contributed by atoms with Gasteiger partial charge in [0.05, 0.1) is 18.9 Å². The number of hydrogen-bond donors (Lipinski definition) is 1. The summed E-state index contributed by atoms with van der Waals surface area (Å²) < 4.78 is 10.7. The average molecular weight is 392 g/mol. The third-order valence-corrected chi connectivity index (χ3v) is 5.36. The average Bonchev–Trinajstić information content (AvgIpc) is 3.33. The number of aliphatic hydroxyl groups is 1. The zero-order chi connectivity index (χ0) is 20.4. The molecule has 0 bridgehead atoms. The van der Waals surface area contributed by atoms with Crippen LogP contribution in [0.1, 0.15) is 21.8 Å². The molecule has 0 saturated carbocycles. The third-order valence-electron chi connectivity index (χ3n) is 5.36. The predicted molar refractivity (Wildman–Crippen MR) is 109 cm³/mol. The zero-order valence-electron chi connectivity index (χ0n) is 16.5. The molecule has 1 amide bonds. The number of likely N-dealkylation sites (tertiary alicyclic amines) is 1. The van der Waals surface area contributed by atoms with E-state index >= 15 is 0 Å². The molecule has 6 nitrogen and oxygen atoms in total. The summed E-state index contributed by atoms with van der Waals surface area (Å²) in [5, 5.41) is 14.3. The second kappa shape index (κ2) is 8.09. The molecule has 150 valence electrons. The molecule has 2 heterocycles. The maximum atomic E-state index is 13.1. The van der Waals surface area contributed by atoms with Gasteiger partial charge in [-0.15, -0.1) is 0 Å². The number of rotatable bonds is 5. The van der Waals surface area contributed by atoms with Gasteiger partial charge in [0.15, 0.2) is 0 Å². The Morgan fingerprint density at radius 2 is 2.03 bits per heavy atom. The van der Waals surface area contributed by atoms with Gasteiger partial charge in [0.2, 0.25) is 0 Å². The van der Waals surface area contributed by atoms with Crippen LogP contribution in [0.2, 0.25) is 0 Å².